The molecule has 2 bridgehead atoms. The monoisotopic (exact) mass is 283 g/mol. The van der Waals surface area contributed by atoms with E-state index in [4.69, 9.17) is 0 Å². The standard InChI is InChI=1S/C16H21N5/c1-20-12-4-2-5-13(20)11-21(10-12)16-8-7-15(18-19-16)14-6-3-9-17-14/h3,6-9,12-13,17H,2,4-5,10-11H2,1H3. The van der Waals surface area contributed by atoms with E-state index >= 15 is 0 Å². The van der Waals surface area contributed by atoms with Crippen LogP contribution in [0.5, 0.6) is 0 Å². The highest BCUT2D eigenvalue weighted by Gasteiger charge is 2.35. The molecule has 110 valence electrons. The molecule has 2 aromatic rings. The summed E-state index contributed by atoms with van der Waals surface area (Å²) < 4.78 is 0. The van der Waals surface area contributed by atoms with Crippen LogP contribution in [0, 0.1) is 0 Å². The minimum absolute atomic E-state index is 0.669. The molecule has 5 nitrogen and oxygen atoms in total. The summed E-state index contributed by atoms with van der Waals surface area (Å²) in [6.07, 6.45) is 5.88. The average molecular weight is 283 g/mol. The third-order valence-corrected chi connectivity index (χ3v) is 4.94. The van der Waals surface area contributed by atoms with E-state index in [1.165, 1.54) is 19.3 Å². The van der Waals surface area contributed by atoms with Gasteiger partial charge in [0.25, 0.3) is 0 Å². The number of aromatic nitrogens is 3. The Morgan fingerprint density at radius 1 is 1.10 bits per heavy atom. The summed E-state index contributed by atoms with van der Waals surface area (Å²) in [5.74, 6) is 1.01. The minimum Gasteiger partial charge on any atom is -0.360 e. The van der Waals surface area contributed by atoms with Crippen LogP contribution in [0.15, 0.2) is 30.5 Å². The Balaban J connectivity index is 1.54. The van der Waals surface area contributed by atoms with Crippen LogP contribution in [0.2, 0.25) is 0 Å². The second-order valence-electron chi connectivity index (χ2n) is 6.17. The molecule has 4 rings (SSSR count). The van der Waals surface area contributed by atoms with Crippen molar-refractivity contribution in [1.82, 2.24) is 20.1 Å². The van der Waals surface area contributed by atoms with Crippen molar-refractivity contribution in [1.29, 1.82) is 0 Å². The highest BCUT2D eigenvalue weighted by atomic mass is 15.3. The number of hydrogen-bond acceptors (Lipinski definition) is 4. The molecule has 2 saturated heterocycles. The Bertz CT molecular complexity index is 578. The van der Waals surface area contributed by atoms with Crippen molar-refractivity contribution in [2.24, 2.45) is 0 Å². The minimum atomic E-state index is 0.669. The molecule has 0 aromatic carbocycles. The SMILES string of the molecule is CN1C2CCCC1CN(c1ccc(-c3ccc[nH]3)nn1)C2. The van der Waals surface area contributed by atoms with E-state index < -0.39 is 0 Å². The largest absolute Gasteiger partial charge is 0.360 e. The molecule has 0 radical (unpaired) electrons. The number of nitrogens with one attached hydrogen (secondary N) is 1. The number of likely N-dealkylation sites (N-methyl/N-ethyl adjacent to an activating group) is 1. The van der Waals surface area contributed by atoms with E-state index in [1.807, 2.05) is 18.3 Å². The molecule has 21 heavy (non-hydrogen) atoms. The van der Waals surface area contributed by atoms with E-state index in [0.717, 1.165) is 30.3 Å². The van der Waals surface area contributed by atoms with Gasteiger partial charge in [0.05, 0.1) is 5.69 Å². The summed E-state index contributed by atoms with van der Waals surface area (Å²) in [6.45, 7) is 2.15. The van der Waals surface area contributed by atoms with E-state index in [1.54, 1.807) is 0 Å². The summed E-state index contributed by atoms with van der Waals surface area (Å²) in [7, 11) is 2.27. The van der Waals surface area contributed by atoms with Gasteiger partial charge in [-0.1, -0.05) is 6.42 Å². The lowest BCUT2D eigenvalue weighted by atomic mass is 9.92. The molecule has 0 aliphatic carbocycles. The number of fused-ring (bicyclic) bond motifs is 2. The van der Waals surface area contributed by atoms with Crippen molar-refractivity contribution in [2.45, 2.75) is 31.3 Å². The number of piperazine rings is 1. The van der Waals surface area contributed by atoms with Gasteiger partial charge < -0.3 is 9.88 Å². The topological polar surface area (TPSA) is 48.0 Å². The molecular formula is C16H21N5. The Hall–Kier alpha value is -1.88. The zero-order valence-corrected chi connectivity index (χ0v) is 12.4. The van der Waals surface area contributed by atoms with E-state index in [9.17, 15) is 0 Å². The quantitative estimate of drug-likeness (QED) is 0.917. The molecule has 5 heteroatoms. The van der Waals surface area contributed by atoms with E-state index in [-0.39, 0.29) is 0 Å². The molecule has 2 aliphatic rings. The number of H-pyrrole nitrogens is 1. The van der Waals surface area contributed by atoms with E-state index in [0.29, 0.717) is 12.1 Å². The number of rotatable bonds is 2. The first-order chi connectivity index (χ1) is 10.3. The fourth-order valence-electron chi connectivity index (χ4n) is 3.63. The van der Waals surface area contributed by atoms with Crippen LogP contribution in [0.3, 0.4) is 0 Å². The van der Waals surface area contributed by atoms with Gasteiger partial charge in [0.15, 0.2) is 5.82 Å². The smallest absolute Gasteiger partial charge is 0.151 e. The maximum atomic E-state index is 4.45. The maximum Gasteiger partial charge on any atom is 0.151 e. The normalized spacial score (nSPS) is 26.0. The highest BCUT2D eigenvalue weighted by Crippen LogP contribution is 2.29. The van der Waals surface area contributed by atoms with Gasteiger partial charge >= 0.3 is 0 Å². The zero-order valence-electron chi connectivity index (χ0n) is 12.4. The van der Waals surface area contributed by atoms with Crippen molar-refractivity contribution >= 4 is 5.82 Å². The van der Waals surface area contributed by atoms with Crippen molar-refractivity contribution in [2.75, 3.05) is 25.0 Å². The Labute approximate surface area is 125 Å². The molecule has 2 unspecified atom stereocenters. The Morgan fingerprint density at radius 3 is 2.52 bits per heavy atom. The lowest BCUT2D eigenvalue weighted by Gasteiger charge is -2.48. The van der Waals surface area contributed by atoms with Gasteiger partial charge in [0, 0.05) is 31.4 Å². The first-order valence-electron chi connectivity index (χ1n) is 7.75. The van der Waals surface area contributed by atoms with Gasteiger partial charge in [0.2, 0.25) is 0 Å². The molecule has 0 amide bonds. The predicted octanol–water partition coefficient (Wildman–Crippen LogP) is 2.14. The van der Waals surface area contributed by atoms with Gasteiger partial charge in [-0.15, -0.1) is 10.2 Å². The average Bonchev–Trinajstić information content (AvgIpc) is 3.01. The highest BCUT2D eigenvalue weighted by molar-refractivity contribution is 5.55. The second-order valence-corrected chi connectivity index (χ2v) is 6.17. The summed E-state index contributed by atoms with van der Waals surface area (Å²) in [4.78, 5) is 8.13. The molecular weight excluding hydrogens is 262 g/mol. The van der Waals surface area contributed by atoms with Crippen molar-refractivity contribution in [3.05, 3.63) is 30.5 Å². The predicted molar refractivity (Wildman–Crippen MR) is 83.2 cm³/mol. The Kier molecular flexibility index (Phi) is 3.15. The van der Waals surface area contributed by atoms with Gasteiger partial charge in [0.1, 0.15) is 5.69 Å². The molecule has 2 aromatic heterocycles. The van der Waals surface area contributed by atoms with Crippen LogP contribution in [0.25, 0.3) is 11.4 Å². The number of nitrogens with zero attached hydrogens (tertiary/aromatic N) is 4. The van der Waals surface area contributed by atoms with Crippen LogP contribution in [-0.2, 0) is 0 Å². The van der Waals surface area contributed by atoms with Crippen molar-refractivity contribution < 1.29 is 0 Å². The fourth-order valence-corrected chi connectivity index (χ4v) is 3.63. The third kappa shape index (κ3) is 2.31. The molecule has 4 heterocycles. The van der Waals surface area contributed by atoms with Crippen LogP contribution in [0.4, 0.5) is 5.82 Å². The second kappa shape index (κ2) is 5.15. The lowest BCUT2D eigenvalue weighted by Crippen LogP contribution is -2.59. The van der Waals surface area contributed by atoms with Crippen molar-refractivity contribution in [3.8, 4) is 11.4 Å². The van der Waals surface area contributed by atoms with Gasteiger partial charge in [-0.25, -0.2) is 0 Å². The molecule has 0 spiro atoms. The van der Waals surface area contributed by atoms with E-state index in [2.05, 4.69) is 44.2 Å². The van der Waals surface area contributed by atoms with Gasteiger partial charge in [-0.05, 0) is 44.2 Å². The third-order valence-electron chi connectivity index (χ3n) is 4.94. The number of piperidine rings is 1. The molecule has 1 N–H and O–H groups in total. The first kappa shape index (κ1) is 12.8. The number of hydrogen-bond donors (Lipinski definition) is 1. The maximum absolute atomic E-state index is 4.45. The first-order valence-corrected chi connectivity index (χ1v) is 7.75. The lowest BCUT2D eigenvalue weighted by molar-refractivity contribution is 0.0946. The van der Waals surface area contributed by atoms with Crippen LogP contribution in [-0.4, -0.2) is 52.3 Å². The summed E-state index contributed by atoms with van der Waals surface area (Å²) in [5.41, 5.74) is 1.92. The number of anilines is 1. The molecule has 2 aliphatic heterocycles. The molecule has 2 atom stereocenters. The zero-order chi connectivity index (χ0) is 14.2. The summed E-state index contributed by atoms with van der Waals surface area (Å²) in [5, 5.41) is 8.82. The van der Waals surface area contributed by atoms with Crippen molar-refractivity contribution in [3.63, 3.8) is 0 Å². The van der Waals surface area contributed by atoms with Gasteiger partial charge in [-0.3, -0.25) is 4.90 Å². The van der Waals surface area contributed by atoms with Crippen LogP contribution >= 0.6 is 0 Å². The number of aromatic amines is 1. The van der Waals surface area contributed by atoms with Gasteiger partial charge in [-0.2, -0.15) is 0 Å². The summed E-state index contributed by atoms with van der Waals surface area (Å²) >= 11 is 0. The summed E-state index contributed by atoms with van der Waals surface area (Å²) in [6, 6.07) is 9.49. The molecule has 0 saturated carbocycles. The van der Waals surface area contributed by atoms with Crippen LogP contribution < -0.4 is 4.90 Å². The molecule has 2 fully saturated rings. The fraction of sp³-hybridized carbons (Fsp3) is 0.500. The van der Waals surface area contributed by atoms with Crippen LogP contribution in [0.1, 0.15) is 19.3 Å². The Morgan fingerprint density at radius 2 is 1.90 bits per heavy atom.